The minimum Gasteiger partial charge on any atom is -0.490 e. The van der Waals surface area contributed by atoms with E-state index in [2.05, 4.69) is 9.97 Å². The molecule has 0 aliphatic rings. The molecule has 0 atom stereocenters. The number of aryl methyl sites for hydroxylation is 1. The van der Waals surface area contributed by atoms with Crippen LogP contribution in [0.1, 0.15) is 10.6 Å². The van der Waals surface area contributed by atoms with Gasteiger partial charge in [-0.05, 0) is 19.1 Å². The summed E-state index contributed by atoms with van der Waals surface area (Å²) in [4.78, 5) is 9.79. The van der Waals surface area contributed by atoms with Crippen molar-refractivity contribution in [3.8, 4) is 5.75 Å². The standard InChI is InChI=1S/C15H15N3OS/c1-10-14(20-9-18-10)6-7-19-15-11-4-2-3-5-13(11)17-8-12(15)16/h2-5,8-9H,6-7,16H2,1H3. The second kappa shape index (κ2) is 5.46. The molecule has 102 valence electrons. The van der Waals surface area contributed by atoms with Gasteiger partial charge < -0.3 is 10.5 Å². The minimum atomic E-state index is 0.574. The number of hydrogen-bond acceptors (Lipinski definition) is 5. The number of nitrogen functional groups attached to an aromatic ring is 1. The van der Waals surface area contributed by atoms with E-state index < -0.39 is 0 Å². The monoisotopic (exact) mass is 285 g/mol. The van der Waals surface area contributed by atoms with Gasteiger partial charge in [-0.2, -0.15) is 0 Å². The maximum absolute atomic E-state index is 5.98. The van der Waals surface area contributed by atoms with Crippen LogP contribution >= 0.6 is 11.3 Å². The van der Waals surface area contributed by atoms with Crippen molar-refractivity contribution < 1.29 is 4.74 Å². The van der Waals surface area contributed by atoms with Gasteiger partial charge in [-0.3, -0.25) is 4.98 Å². The number of rotatable bonds is 4. The zero-order valence-corrected chi connectivity index (χ0v) is 12.0. The van der Waals surface area contributed by atoms with Gasteiger partial charge in [0.1, 0.15) is 0 Å². The number of pyridine rings is 1. The number of ether oxygens (including phenoxy) is 1. The molecule has 0 amide bonds. The molecule has 2 aromatic heterocycles. The summed E-state index contributed by atoms with van der Waals surface area (Å²) >= 11 is 1.66. The Kier molecular flexibility index (Phi) is 3.52. The fraction of sp³-hybridized carbons (Fsp3) is 0.200. The minimum absolute atomic E-state index is 0.574. The number of hydrogen-bond donors (Lipinski definition) is 1. The maximum Gasteiger partial charge on any atom is 0.153 e. The SMILES string of the molecule is Cc1ncsc1CCOc1c(N)cnc2ccccc12. The molecular formula is C15H15N3OS. The van der Waals surface area contributed by atoms with Crippen LogP contribution in [0.25, 0.3) is 10.9 Å². The molecule has 4 nitrogen and oxygen atoms in total. The quantitative estimate of drug-likeness (QED) is 0.799. The average Bonchev–Trinajstić information content (AvgIpc) is 2.87. The molecule has 0 bridgehead atoms. The zero-order chi connectivity index (χ0) is 13.9. The Morgan fingerprint density at radius 2 is 2.10 bits per heavy atom. The third kappa shape index (κ3) is 2.44. The molecule has 2 N–H and O–H groups in total. The Hall–Kier alpha value is -2.14. The molecule has 0 aliphatic heterocycles. The molecule has 0 fully saturated rings. The molecule has 3 rings (SSSR count). The Bertz CT molecular complexity index is 739. The van der Waals surface area contributed by atoms with Crippen LogP contribution in [-0.4, -0.2) is 16.6 Å². The molecule has 0 spiro atoms. The molecule has 0 saturated carbocycles. The molecule has 3 aromatic rings. The van der Waals surface area contributed by atoms with Crippen molar-refractivity contribution in [2.45, 2.75) is 13.3 Å². The van der Waals surface area contributed by atoms with Crippen molar-refractivity contribution in [2.24, 2.45) is 0 Å². The first kappa shape index (κ1) is 12.9. The van der Waals surface area contributed by atoms with Crippen LogP contribution in [0, 0.1) is 6.92 Å². The number of fused-ring (bicyclic) bond motifs is 1. The summed E-state index contributed by atoms with van der Waals surface area (Å²) < 4.78 is 5.89. The molecule has 5 heteroatoms. The fourth-order valence-electron chi connectivity index (χ4n) is 2.10. The highest BCUT2D eigenvalue weighted by molar-refractivity contribution is 7.09. The first-order chi connectivity index (χ1) is 9.75. The topological polar surface area (TPSA) is 61.0 Å². The summed E-state index contributed by atoms with van der Waals surface area (Å²) in [6.07, 6.45) is 2.49. The molecule has 0 unspecified atom stereocenters. The smallest absolute Gasteiger partial charge is 0.153 e. The van der Waals surface area contributed by atoms with Gasteiger partial charge in [0.15, 0.2) is 5.75 Å². The highest BCUT2D eigenvalue weighted by Crippen LogP contribution is 2.30. The normalized spacial score (nSPS) is 10.8. The van der Waals surface area contributed by atoms with Gasteiger partial charge in [-0.25, -0.2) is 4.98 Å². The van der Waals surface area contributed by atoms with E-state index in [-0.39, 0.29) is 0 Å². The number of anilines is 1. The van der Waals surface area contributed by atoms with Gasteiger partial charge in [0.25, 0.3) is 0 Å². The summed E-state index contributed by atoms with van der Waals surface area (Å²) in [5.41, 5.74) is 10.4. The van der Waals surface area contributed by atoms with Gasteiger partial charge in [0.2, 0.25) is 0 Å². The lowest BCUT2D eigenvalue weighted by Gasteiger charge is -2.11. The van der Waals surface area contributed by atoms with Gasteiger partial charge >= 0.3 is 0 Å². The van der Waals surface area contributed by atoms with Crippen LogP contribution in [0.2, 0.25) is 0 Å². The lowest BCUT2D eigenvalue weighted by Crippen LogP contribution is -2.04. The van der Waals surface area contributed by atoms with E-state index in [0.29, 0.717) is 12.3 Å². The predicted molar refractivity (Wildman–Crippen MR) is 82.2 cm³/mol. The van der Waals surface area contributed by atoms with E-state index in [1.807, 2.05) is 36.7 Å². The third-order valence-corrected chi connectivity index (χ3v) is 4.17. The van der Waals surface area contributed by atoms with Crippen molar-refractivity contribution >= 4 is 27.9 Å². The lowest BCUT2D eigenvalue weighted by molar-refractivity contribution is 0.328. The molecule has 2 heterocycles. The first-order valence-electron chi connectivity index (χ1n) is 6.40. The van der Waals surface area contributed by atoms with Crippen LogP contribution < -0.4 is 10.5 Å². The van der Waals surface area contributed by atoms with E-state index in [0.717, 1.165) is 28.8 Å². The van der Waals surface area contributed by atoms with E-state index in [9.17, 15) is 0 Å². The highest BCUT2D eigenvalue weighted by atomic mass is 32.1. The van der Waals surface area contributed by atoms with E-state index in [1.165, 1.54) is 4.88 Å². The van der Waals surface area contributed by atoms with Crippen molar-refractivity contribution in [1.82, 2.24) is 9.97 Å². The molecule has 1 aromatic carbocycles. The lowest BCUT2D eigenvalue weighted by atomic mass is 10.2. The number of benzene rings is 1. The number of nitrogens with two attached hydrogens (primary N) is 1. The molecular weight excluding hydrogens is 270 g/mol. The van der Waals surface area contributed by atoms with Crippen LogP contribution in [0.15, 0.2) is 36.0 Å². The third-order valence-electron chi connectivity index (χ3n) is 3.17. The first-order valence-corrected chi connectivity index (χ1v) is 7.28. The predicted octanol–water partition coefficient (Wildman–Crippen LogP) is 3.20. The largest absolute Gasteiger partial charge is 0.490 e. The molecule has 0 saturated heterocycles. The van der Waals surface area contributed by atoms with Gasteiger partial charge in [0.05, 0.1) is 35.2 Å². The second-order valence-corrected chi connectivity index (χ2v) is 5.46. The number of thiazole rings is 1. The number of nitrogens with zero attached hydrogens (tertiary/aromatic N) is 2. The molecule has 0 radical (unpaired) electrons. The Morgan fingerprint density at radius 1 is 1.25 bits per heavy atom. The van der Waals surface area contributed by atoms with Crippen LogP contribution in [0.5, 0.6) is 5.75 Å². The Labute approximate surface area is 121 Å². The van der Waals surface area contributed by atoms with Crippen molar-refractivity contribution in [3.05, 3.63) is 46.5 Å². The fourth-order valence-corrected chi connectivity index (χ4v) is 2.87. The Morgan fingerprint density at radius 3 is 2.90 bits per heavy atom. The number of aromatic nitrogens is 2. The van der Waals surface area contributed by atoms with Crippen LogP contribution in [0.4, 0.5) is 5.69 Å². The van der Waals surface area contributed by atoms with E-state index >= 15 is 0 Å². The van der Waals surface area contributed by atoms with Crippen molar-refractivity contribution in [2.75, 3.05) is 12.3 Å². The van der Waals surface area contributed by atoms with Crippen molar-refractivity contribution in [1.29, 1.82) is 0 Å². The summed E-state index contributed by atoms with van der Waals surface area (Å²) in [6.45, 7) is 2.60. The summed E-state index contributed by atoms with van der Waals surface area (Å²) in [6, 6.07) is 7.85. The summed E-state index contributed by atoms with van der Waals surface area (Å²) in [7, 11) is 0. The highest BCUT2D eigenvalue weighted by Gasteiger charge is 2.08. The maximum atomic E-state index is 5.98. The van der Waals surface area contributed by atoms with Crippen LogP contribution in [-0.2, 0) is 6.42 Å². The van der Waals surface area contributed by atoms with E-state index in [4.69, 9.17) is 10.5 Å². The van der Waals surface area contributed by atoms with E-state index in [1.54, 1.807) is 17.5 Å². The summed E-state index contributed by atoms with van der Waals surface area (Å²) in [5.74, 6) is 0.720. The van der Waals surface area contributed by atoms with Gasteiger partial charge in [0, 0.05) is 16.7 Å². The zero-order valence-electron chi connectivity index (χ0n) is 11.2. The average molecular weight is 285 g/mol. The number of para-hydroxylation sites is 1. The van der Waals surface area contributed by atoms with Crippen molar-refractivity contribution in [3.63, 3.8) is 0 Å². The van der Waals surface area contributed by atoms with Gasteiger partial charge in [-0.1, -0.05) is 12.1 Å². The molecule has 20 heavy (non-hydrogen) atoms. The van der Waals surface area contributed by atoms with Gasteiger partial charge in [-0.15, -0.1) is 11.3 Å². The molecule has 0 aliphatic carbocycles. The second-order valence-electron chi connectivity index (χ2n) is 4.52. The summed E-state index contributed by atoms with van der Waals surface area (Å²) in [5, 5.41) is 0.952. The van der Waals surface area contributed by atoms with Crippen LogP contribution in [0.3, 0.4) is 0 Å². The Balaban J connectivity index is 1.80.